The van der Waals surface area contributed by atoms with Crippen molar-refractivity contribution in [3.63, 3.8) is 0 Å². The highest BCUT2D eigenvalue weighted by atomic mass is 32.1. The summed E-state index contributed by atoms with van der Waals surface area (Å²) in [5.74, 6) is 0. The second kappa shape index (κ2) is 4.38. The Kier molecular flexibility index (Phi) is 2.74. The zero-order valence-electron chi connectivity index (χ0n) is 9.12. The lowest BCUT2D eigenvalue weighted by molar-refractivity contribution is 0.864. The number of thiazole rings is 1. The van der Waals surface area contributed by atoms with Crippen LogP contribution in [0.15, 0.2) is 29.8 Å². The molecule has 0 saturated carbocycles. The zero-order chi connectivity index (χ0) is 11.7. The SMILES string of the molecule is CC(Nc1nncs1)c1nc2ccccc2s1. The van der Waals surface area contributed by atoms with Crippen molar-refractivity contribution in [1.82, 2.24) is 15.2 Å². The second-order valence-corrected chi connectivity index (χ2v) is 5.53. The molecule has 0 fully saturated rings. The van der Waals surface area contributed by atoms with Gasteiger partial charge in [0.05, 0.1) is 16.3 Å². The van der Waals surface area contributed by atoms with E-state index in [1.54, 1.807) is 16.8 Å². The van der Waals surface area contributed by atoms with Crippen LogP contribution in [-0.4, -0.2) is 15.2 Å². The Morgan fingerprint density at radius 1 is 1.29 bits per heavy atom. The molecule has 3 rings (SSSR count). The normalized spacial score (nSPS) is 12.8. The number of anilines is 1. The van der Waals surface area contributed by atoms with Gasteiger partial charge in [0, 0.05) is 0 Å². The highest BCUT2D eigenvalue weighted by molar-refractivity contribution is 7.18. The summed E-state index contributed by atoms with van der Waals surface area (Å²) < 4.78 is 1.22. The molecule has 0 aliphatic heterocycles. The van der Waals surface area contributed by atoms with E-state index in [0.717, 1.165) is 15.7 Å². The van der Waals surface area contributed by atoms with Crippen LogP contribution in [0.1, 0.15) is 18.0 Å². The van der Waals surface area contributed by atoms with Gasteiger partial charge < -0.3 is 5.32 Å². The Morgan fingerprint density at radius 2 is 2.18 bits per heavy atom. The van der Waals surface area contributed by atoms with E-state index in [0.29, 0.717) is 0 Å². The summed E-state index contributed by atoms with van der Waals surface area (Å²) in [6, 6.07) is 8.32. The molecule has 0 saturated heterocycles. The van der Waals surface area contributed by atoms with Crippen LogP contribution in [0.25, 0.3) is 10.2 Å². The topological polar surface area (TPSA) is 50.7 Å². The molecule has 1 N–H and O–H groups in total. The van der Waals surface area contributed by atoms with E-state index < -0.39 is 0 Å². The average molecular weight is 262 g/mol. The molecule has 3 aromatic rings. The van der Waals surface area contributed by atoms with Crippen LogP contribution in [0.2, 0.25) is 0 Å². The third kappa shape index (κ3) is 2.13. The molecule has 0 aliphatic carbocycles. The predicted octanol–water partition coefficient (Wildman–Crippen LogP) is 3.32. The maximum atomic E-state index is 4.61. The summed E-state index contributed by atoms with van der Waals surface area (Å²) in [6.45, 7) is 2.08. The van der Waals surface area contributed by atoms with Gasteiger partial charge in [0.25, 0.3) is 0 Å². The third-order valence-electron chi connectivity index (χ3n) is 2.38. The predicted molar refractivity (Wildman–Crippen MR) is 71.6 cm³/mol. The van der Waals surface area contributed by atoms with E-state index in [2.05, 4.69) is 33.5 Å². The highest BCUT2D eigenvalue weighted by Crippen LogP contribution is 2.28. The standard InChI is InChI=1S/C11H10N4S2/c1-7(13-11-15-12-6-16-11)10-14-8-4-2-3-5-9(8)17-10/h2-7H,1H3,(H,13,15). The van der Waals surface area contributed by atoms with Crippen molar-refractivity contribution in [3.05, 3.63) is 34.8 Å². The number of hydrogen-bond acceptors (Lipinski definition) is 6. The molecule has 17 heavy (non-hydrogen) atoms. The molecule has 6 heteroatoms. The Labute approximate surface area is 106 Å². The van der Waals surface area contributed by atoms with Crippen molar-refractivity contribution in [2.75, 3.05) is 5.32 Å². The first kappa shape index (κ1) is 10.6. The number of fused-ring (bicyclic) bond motifs is 1. The molecule has 2 heterocycles. The molecular weight excluding hydrogens is 252 g/mol. The number of rotatable bonds is 3. The smallest absolute Gasteiger partial charge is 0.205 e. The van der Waals surface area contributed by atoms with Gasteiger partial charge in [0.2, 0.25) is 5.13 Å². The average Bonchev–Trinajstić information content (AvgIpc) is 2.96. The molecule has 0 spiro atoms. The van der Waals surface area contributed by atoms with Crippen LogP contribution in [0.5, 0.6) is 0 Å². The highest BCUT2D eigenvalue weighted by Gasteiger charge is 2.12. The number of nitrogens with zero attached hydrogens (tertiary/aromatic N) is 3. The molecule has 0 aliphatic rings. The summed E-state index contributed by atoms with van der Waals surface area (Å²) in [6.07, 6.45) is 0. The fourth-order valence-electron chi connectivity index (χ4n) is 1.56. The second-order valence-electron chi connectivity index (χ2n) is 3.63. The largest absolute Gasteiger partial charge is 0.351 e. The van der Waals surface area contributed by atoms with Gasteiger partial charge in [-0.3, -0.25) is 0 Å². The van der Waals surface area contributed by atoms with E-state index in [9.17, 15) is 0 Å². The van der Waals surface area contributed by atoms with Crippen molar-refractivity contribution >= 4 is 38.0 Å². The van der Waals surface area contributed by atoms with Gasteiger partial charge in [0.15, 0.2) is 0 Å². The van der Waals surface area contributed by atoms with Crippen LogP contribution in [-0.2, 0) is 0 Å². The lowest BCUT2D eigenvalue weighted by Crippen LogP contribution is -2.05. The first-order chi connectivity index (χ1) is 8.33. The van der Waals surface area contributed by atoms with Crippen molar-refractivity contribution in [3.8, 4) is 0 Å². The van der Waals surface area contributed by atoms with Gasteiger partial charge in [-0.25, -0.2) is 4.98 Å². The Balaban J connectivity index is 1.88. The van der Waals surface area contributed by atoms with Crippen molar-refractivity contribution in [2.24, 2.45) is 0 Å². The van der Waals surface area contributed by atoms with E-state index in [1.165, 1.54) is 16.0 Å². The van der Waals surface area contributed by atoms with Gasteiger partial charge in [-0.15, -0.1) is 21.5 Å². The van der Waals surface area contributed by atoms with E-state index >= 15 is 0 Å². The van der Waals surface area contributed by atoms with E-state index in [4.69, 9.17) is 0 Å². The molecule has 86 valence electrons. The first-order valence-corrected chi connectivity index (χ1v) is 6.91. The summed E-state index contributed by atoms with van der Waals surface area (Å²) in [5, 5.41) is 13.0. The molecule has 0 radical (unpaired) electrons. The minimum Gasteiger partial charge on any atom is -0.351 e. The van der Waals surface area contributed by atoms with Gasteiger partial charge >= 0.3 is 0 Å². The quantitative estimate of drug-likeness (QED) is 0.786. The lowest BCUT2D eigenvalue weighted by atomic mass is 10.3. The van der Waals surface area contributed by atoms with Crippen LogP contribution in [0.4, 0.5) is 5.13 Å². The van der Waals surface area contributed by atoms with Crippen LogP contribution in [0.3, 0.4) is 0 Å². The summed E-state index contributed by atoms with van der Waals surface area (Å²) in [4.78, 5) is 4.61. The fraction of sp³-hybridized carbons (Fsp3) is 0.182. The van der Waals surface area contributed by atoms with Crippen molar-refractivity contribution < 1.29 is 0 Å². The maximum Gasteiger partial charge on any atom is 0.205 e. The number of hydrogen-bond donors (Lipinski definition) is 1. The molecule has 2 aromatic heterocycles. The van der Waals surface area contributed by atoms with E-state index in [1.807, 2.05) is 18.2 Å². The Morgan fingerprint density at radius 3 is 2.94 bits per heavy atom. The van der Waals surface area contributed by atoms with Crippen LogP contribution in [0, 0.1) is 0 Å². The Hall–Kier alpha value is -1.53. The number of para-hydroxylation sites is 1. The minimum atomic E-state index is 0.153. The number of nitrogens with one attached hydrogen (secondary N) is 1. The maximum absolute atomic E-state index is 4.61. The molecule has 4 nitrogen and oxygen atoms in total. The summed E-state index contributed by atoms with van der Waals surface area (Å²) in [7, 11) is 0. The number of benzene rings is 1. The minimum absolute atomic E-state index is 0.153. The Bertz CT molecular complexity index is 584. The lowest BCUT2D eigenvalue weighted by Gasteiger charge is -2.08. The summed E-state index contributed by atoms with van der Waals surface area (Å²) in [5.41, 5.74) is 2.77. The molecular formula is C11H10N4S2. The number of aromatic nitrogens is 3. The van der Waals surface area contributed by atoms with Crippen LogP contribution >= 0.6 is 22.7 Å². The fourth-order valence-corrected chi connectivity index (χ4v) is 3.06. The molecule has 1 unspecified atom stereocenters. The monoisotopic (exact) mass is 262 g/mol. The van der Waals surface area contributed by atoms with Crippen LogP contribution < -0.4 is 5.32 Å². The zero-order valence-corrected chi connectivity index (χ0v) is 10.8. The molecule has 1 atom stereocenters. The van der Waals surface area contributed by atoms with E-state index in [-0.39, 0.29) is 6.04 Å². The van der Waals surface area contributed by atoms with Gasteiger partial charge in [-0.2, -0.15) is 0 Å². The van der Waals surface area contributed by atoms with Crippen molar-refractivity contribution in [2.45, 2.75) is 13.0 Å². The first-order valence-electron chi connectivity index (χ1n) is 5.21. The van der Waals surface area contributed by atoms with Gasteiger partial charge in [-0.05, 0) is 19.1 Å². The summed E-state index contributed by atoms with van der Waals surface area (Å²) >= 11 is 3.21. The molecule has 1 aromatic carbocycles. The molecule has 0 bridgehead atoms. The third-order valence-corrected chi connectivity index (χ3v) is 4.22. The van der Waals surface area contributed by atoms with Crippen molar-refractivity contribution in [1.29, 1.82) is 0 Å². The van der Waals surface area contributed by atoms with Gasteiger partial charge in [0.1, 0.15) is 10.5 Å². The molecule has 0 amide bonds. The van der Waals surface area contributed by atoms with Gasteiger partial charge in [-0.1, -0.05) is 23.5 Å².